The van der Waals surface area contributed by atoms with Crippen molar-refractivity contribution in [1.82, 2.24) is 4.31 Å². The van der Waals surface area contributed by atoms with E-state index in [0.29, 0.717) is 0 Å². The molecule has 0 bridgehead atoms. The Kier molecular flexibility index (Phi) is 4.98. The van der Waals surface area contributed by atoms with Crippen LogP contribution >= 0.6 is 11.6 Å². The first kappa shape index (κ1) is 17.3. The number of hydrogen-bond acceptors (Lipinski definition) is 4. The standard InChI is InChI=1S/C14H12ClFN2O4S/c1-17(9-10-4-2-3-5-12(10)16)23(21,22)14-7-6-11(15)8-13(14)18(19)20/h2-8H,9H2,1H3. The van der Waals surface area contributed by atoms with Crippen molar-refractivity contribution in [2.24, 2.45) is 0 Å². The van der Waals surface area contributed by atoms with E-state index in [4.69, 9.17) is 11.6 Å². The van der Waals surface area contributed by atoms with Crippen molar-refractivity contribution in [3.63, 3.8) is 0 Å². The van der Waals surface area contributed by atoms with Gasteiger partial charge in [-0.05, 0) is 18.2 Å². The molecule has 2 rings (SSSR count). The van der Waals surface area contributed by atoms with E-state index in [1.54, 1.807) is 6.07 Å². The van der Waals surface area contributed by atoms with E-state index in [1.165, 1.54) is 31.3 Å². The molecule has 6 nitrogen and oxygen atoms in total. The second-order valence-corrected chi connectivity index (χ2v) is 7.17. The van der Waals surface area contributed by atoms with Crippen LogP contribution in [0.1, 0.15) is 5.56 Å². The van der Waals surface area contributed by atoms with Crippen LogP contribution in [-0.2, 0) is 16.6 Å². The minimum absolute atomic E-state index is 0.0485. The fraction of sp³-hybridized carbons (Fsp3) is 0.143. The molecule has 0 atom stereocenters. The highest BCUT2D eigenvalue weighted by Crippen LogP contribution is 2.29. The summed E-state index contributed by atoms with van der Waals surface area (Å²) in [6, 6.07) is 8.98. The van der Waals surface area contributed by atoms with Crippen LogP contribution in [0.15, 0.2) is 47.4 Å². The van der Waals surface area contributed by atoms with Gasteiger partial charge in [-0.25, -0.2) is 12.8 Å². The summed E-state index contributed by atoms with van der Waals surface area (Å²) in [6.07, 6.45) is 0. The van der Waals surface area contributed by atoms with Gasteiger partial charge in [0, 0.05) is 30.2 Å². The molecule has 23 heavy (non-hydrogen) atoms. The zero-order valence-corrected chi connectivity index (χ0v) is 13.5. The molecule has 2 aromatic carbocycles. The van der Waals surface area contributed by atoms with Crippen LogP contribution in [0.4, 0.5) is 10.1 Å². The van der Waals surface area contributed by atoms with Crippen molar-refractivity contribution in [2.45, 2.75) is 11.4 Å². The Bertz CT molecular complexity index is 858. The number of benzene rings is 2. The van der Waals surface area contributed by atoms with Gasteiger partial charge in [-0.2, -0.15) is 4.31 Å². The van der Waals surface area contributed by atoms with Crippen molar-refractivity contribution in [3.8, 4) is 0 Å². The molecule has 0 aromatic heterocycles. The molecule has 0 aliphatic rings. The first-order chi connectivity index (χ1) is 10.7. The predicted octanol–water partition coefficient (Wildman–Crippen LogP) is 3.21. The number of hydrogen-bond donors (Lipinski definition) is 0. The summed E-state index contributed by atoms with van der Waals surface area (Å²) >= 11 is 5.68. The number of nitrogens with zero attached hydrogens (tertiary/aromatic N) is 2. The maximum absolute atomic E-state index is 13.7. The molecule has 9 heteroatoms. The Morgan fingerprint density at radius 2 is 1.91 bits per heavy atom. The van der Waals surface area contributed by atoms with E-state index >= 15 is 0 Å². The number of sulfonamides is 1. The molecule has 0 unspecified atom stereocenters. The summed E-state index contributed by atoms with van der Waals surface area (Å²) in [5.74, 6) is -0.555. The first-order valence-electron chi connectivity index (χ1n) is 6.37. The molecule has 2 aromatic rings. The first-order valence-corrected chi connectivity index (χ1v) is 8.19. The molecule has 0 aliphatic carbocycles. The van der Waals surface area contributed by atoms with E-state index < -0.39 is 31.3 Å². The second kappa shape index (κ2) is 6.61. The van der Waals surface area contributed by atoms with Crippen LogP contribution in [0.25, 0.3) is 0 Å². The molecule has 0 N–H and O–H groups in total. The highest BCUT2D eigenvalue weighted by molar-refractivity contribution is 7.89. The van der Waals surface area contributed by atoms with Gasteiger partial charge in [-0.15, -0.1) is 0 Å². The monoisotopic (exact) mass is 358 g/mol. The summed E-state index contributed by atoms with van der Waals surface area (Å²) in [6.45, 7) is -0.255. The van der Waals surface area contributed by atoms with E-state index in [-0.39, 0.29) is 17.1 Å². The molecular weight excluding hydrogens is 347 g/mol. The largest absolute Gasteiger partial charge is 0.290 e. The van der Waals surface area contributed by atoms with Gasteiger partial charge in [0.2, 0.25) is 10.0 Å². The normalized spacial score (nSPS) is 11.7. The molecule has 0 saturated heterocycles. The average molecular weight is 359 g/mol. The van der Waals surface area contributed by atoms with Gasteiger partial charge in [-0.3, -0.25) is 10.1 Å². The molecule has 0 aliphatic heterocycles. The number of nitro benzene ring substituents is 1. The van der Waals surface area contributed by atoms with E-state index in [1.807, 2.05) is 0 Å². The average Bonchev–Trinajstić information content (AvgIpc) is 2.49. The van der Waals surface area contributed by atoms with Crippen molar-refractivity contribution in [3.05, 3.63) is 69.0 Å². The summed E-state index contributed by atoms with van der Waals surface area (Å²) in [4.78, 5) is 9.74. The van der Waals surface area contributed by atoms with Crippen LogP contribution in [0, 0.1) is 15.9 Å². The molecule has 0 spiro atoms. The molecule has 0 amide bonds. The second-order valence-electron chi connectivity index (χ2n) is 4.72. The summed E-state index contributed by atoms with van der Waals surface area (Å²) in [5, 5.41) is 11.1. The molecule has 0 saturated carbocycles. The van der Waals surface area contributed by atoms with Crippen LogP contribution in [-0.4, -0.2) is 24.7 Å². The third kappa shape index (κ3) is 3.66. The molecule has 0 fully saturated rings. The Morgan fingerprint density at radius 3 is 2.52 bits per heavy atom. The molecule has 122 valence electrons. The zero-order chi connectivity index (χ0) is 17.2. The van der Waals surface area contributed by atoms with Gasteiger partial charge in [0.25, 0.3) is 5.69 Å². The van der Waals surface area contributed by atoms with Crippen molar-refractivity contribution < 1.29 is 17.7 Å². The maximum Gasteiger partial charge on any atom is 0.290 e. The van der Waals surface area contributed by atoms with Gasteiger partial charge < -0.3 is 0 Å². The van der Waals surface area contributed by atoms with Crippen LogP contribution < -0.4 is 0 Å². The number of nitro groups is 1. The quantitative estimate of drug-likeness (QED) is 0.607. The molecule has 0 radical (unpaired) electrons. The van der Waals surface area contributed by atoms with Crippen LogP contribution in [0.5, 0.6) is 0 Å². The van der Waals surface area contributed by atoms with Crippen molar-refractivity contribution in [1.29, 1.82) is 0 Å². The van der Waals surface area contributed by atoms with Gasteiger partial charge in [0.05, 0.1) is 4.92 Å². The van der Waals surface area contributed by atoms with Gasteiger partial charge >= 0.3 is 0 Å². The lowest BCUT2D eigenvalue weighted by atomic mass is 10.2. The molecular formula is C14H12ClFN2O4S. The van der Waals surface area contributed by atoms with Crippen LogP contribution in [0.2, 0.25) is 5.02 Å². The summed E-state index contributed by atoms with van der Waals surface area (Å²) < 4.78 is 39.6. The maximum atomic E-state index is 13.7. The smallest absolute Gasteiger partial charge is 0.258 e. The van der Waals surface area contributed by atoms with Crippen LogP contribution in [0.3, 0.4) is 0 Å². The van der Waals surface area contributed by atoms with Gasteiger partial charge in [0.15, 0.2) is 4.90 Å². The van der Waals surface area contributed by atoms with Crippen molar-refractivity contribution in [2.75, 3.05) is 7.05 Å². The Balaban J connectivity index is 2.42. The minimum Gasteiger partial charge on any atom is -0.258 e. The fourth-order valence-corrected chi connectivity index (χ4v) is 3.42. The zero-order valence-electron chi connectivity index (χ0n) is 11.9. The third-order valence-corrected chi connectivity index (χ3v) is 5.24. The highest BCUT2D eigenvalue weighted by Gasteiger charge is 2.30. The Labute approximate surface area is 137 Å². The van der Waals surface area contributed by atoms with Gasteiger partial charge in [-0.1, -0.05) is 29.8 Å². The van der Waals surface area contributed by atoms with Gasteiger partial charge in [0.1, 0.15) is 5.82 Å². The van der Waals surface area contributed by atoms with E-state index in [9.17, 15) is 22.9 Å². The lowest BCUT2D eigenvalue weighted by Crippen LogP contribution is -2.27. The number of halogens is 2. The Hall–Kier alpha value is -2.03. The SMILES string of the molecule is CN(Cc1ccccc1F)S(=O)(=O)c1ccc(Cl)cc1[N+](=O)[O-]. The molecule has 0 heterocycles. The number of rotatable bonds is 5. The van der Waals surface area contributed by atoms with E-state index in [2.05, 4.69) is 0 Å². The lowest BCUT2D eigenvalue weighted by Gasteiger charge is -2.17. The fourth-order valence-electron chi connectivity index (χ4n) is 1.97. The summed E-state index contributed by atoms with van der Waals surface area (Å²) in [7, 11) is -2.96. The minimum atomic E-state index is -4.18. The highest BCUT2D eigenvalue weighted by atomic mass is 35.5. The third-order valence-electron chi connectivity index (χ3n) is 3.16. The van der Waals surface area contributed by atoms with E-state index in [0.717, 1.165) is 16.4 Å². The topological polar surface area (TPSA) is 80.5 Å². The Morgan fingerprint density at radius 1 is 1.26 bits per heavy atom. The van der Waals surface area contributed by atoms with Crippen molar-refractivity contribution >= 4 is 27.3 Å². The summed E-state index contributed by atoms with van der Waals surface area (Å²) in [5.41, 5.74) is -0.465. The lowest BCUT2D eigenvalue weighted by molar-refractivity contribution is -0.387. The predicted molar refractivity (Wildman–Crippen MR) is 83.2 cm³/mol.